The molecular formula is C16H31N3. The summed E-state index contributed by atoms with van der Waals surface area (Å²) in [7, 11) is 0. The van der Waals surface area contributed by atoms with E-state index in [0.29, 0.717) is 5.54 Å². The lowest BCUT2D eigenvalue weighted by Crippen LogP contribution is -2.71. The fourth-order valence-corrected chi connectivity index (χ4v) is 5.01. The Morgan fingerprint density at radius 2 is 1.84 bits per heavy atom. The van der Waals surface area contributed by atoms with E-state index in [0.717, 1.165) is 18.5 Å². The minimum absolute atomic E-state index is 0.307. The van der Waals surface area contributed by atoms with Gasteiger partial charge in [-0.3, -0.25) is 4.90 Å². The molecule has 4 rings (SSSR count). The van der Waals surface area contributed by atoms with Crippen LogP contribution in [0.15, 0.2) is 0 Å². The lowest BCUT2D eigenvalue weighted by Gasteiger charge is -2.59. The van der Waals surface area contributed by atoms with Gasteiger partial charge in [0.05, 0.1) is 0 Å². The monoisotopic (exact) mass is 265 g/mol. The highest BCUT2D eigenvalue weighted by atomic mass is 15.3. The standard InChI is InChI=1S/C16H31N3/c1-2-15-6-4-3-5-9-19(15)16(12-17)13-18-10-7-14(16)8-11-18/h14-15H,2-13,17H2,1H3. The summed E-state index contributed by atoms with van der Waals surface area (Å²) in [5.74, 6) is 0.856. The van der Waals surface area contributed by atoms with E-state index in [4.69, 9.17) is 5.73 Å². The topological polar surface area (TPSA) is 32.5 Å². The quantitative estimate of drug-likeness (QED) is 0.848. The van der Waals surface area contributed by atoms with E-state index in [1.54, 1.807) is 0 Å². The third kappa shape index (κ3) is 2.34. The second-order valence-electron chi connectivity index (χ2n) is 6.96. The zero-order chi connectivity index (χ0) is 13.3. The molecule has 0 radical (unpaired) electrons. The minimum Gasteiger partial charge on any atom is -0.329 e. The molecule has 110 valence electrons. The summed E-state index contributed by atoms with van der Waals surface area (Å²) in [5.41, 5.74) is 6.66. The third-order valence-electron chi connectivity index (χ3n) is 6.12. The van der Waals surface area contributed by atoms with Crippen molar-refractivity contribution < 1.29 is 0 Å². The van der Waals surface area contributed by atoms with Crippen molar-refractivity contribution in [3.8, 4) is 0 Å². The highest BCUT2D eigenvalue weighted by molar-refractivity contribution is 5.07. The Morgan fingerprint density at radius 3 is 2.42 bits per heavy atom. The van der Waals surface area contributed by atoms with Gasteiger partial charge in [-0.15, -0.1) is 0 Å². The molecule has 0 saturated carbocycles. The van der Waals surface area contributed by atoms with Crippen molar-refractivity contribution in [2.24, 2.45) is 11.7 Å². The van der Waals surface area contributed by atoms with Crippen molar-refractivity contribution in [1.82, 2.24) is 9.80 Å². The molecule has 2 N–H and O–H groups in total. The van der Waals surface area contributed by atoms with Crippen molar-refractivity contribution >= 4 is 0 Å². The molecule has 2 atom stereocenters. The van der Waals surface area contributed by atoms with Crippen LogP contribution in [0.5, 0.6) is 0 Å². The Bertz CT molecular complexity index is 298. The molecule has 0 amide bonds. The van der Waals surface area contributed by atoms with Crippen LogP contribution in [0, 0.1) is 5.92 Å². The summed E-state index contributed by atoms with van der Waals surface area (Å²) in [6.45, 7) is 8.40. The molecule has 0 aliphatic carbocycles. The number of likely N-dealkylation sites (tertiary alicyclic amines) is 1. The lowest BCUT2D eigenvalue weighted by molar-refractivity contribution is -0.0850. The number of nitrogens with zero attached hydrogens (tertiary/aromatic N) is 2. The van der Waals surface area contributed by atoms with Gasteiger partial charge in [0.15, 0.2) is 0 Å². The van der Waals surface area contributed by atoms with Gasteiger partial charge < -0.3 is 10.6 Å². The Balaban J connectivity index is 1.86. The van der Waals surface area contributed by atoms with Gasteiger partial charge in [-0.25, -0.2) is 0 Å². The summed E-state index contributed by atoms with van der Waals surface area (Å²) < 4.78 is 0. The molecule has 0 aromatic carbocycles. The van der Waals surface area contributed by atoms with E-state index >= 15 is 0 Å². The molecule has 0 aromatic rings. The molecule has 3 heteroatoms. The molecule has 19 heavy (non-hydrogen) atoms. The maximum absolute atomic E-state index is 6.36. The van der Waals surface area contributed by atoms with Crippen LogP contribution >= 0.6 is 0 Å². The molecule has 4 saturated heterocycles. The van der Waals surface area contributed by atoms with Gasteiger partial charge in [0, 0.05) is 24.7 Å². The van der Waals surface area contributed by atoms with Gasteiger partial charge in [-0.1, -0.05) is 19.8 Å². The van der Waals surface area contributed by atoms with Crippen LogP contribution in [0.2, 0.25) is 0 Å². The van der Waals surface area contributed by atoms with Crippen LogP contribution in [0.3, 0.4) is 0 Å². The zero-order valence-electron chi connectivity index (χ0n) is 12.6. The van der Waals surface area contributed by atoms with E-state index in [-0.39, 0.29) is 0 Å². The Morgan fingerprint density at radius 1 is 1.05 bits per heavy atom. The van der Waals surface area contributed by atoms with E-state index in [9.17, 15) is 0 Å². The van der Waals surface area contributed by atoms with Gasteiger partial charge in [0.1, 0.15) is 0 Å². The predicted molar refractivity (Wildman–Crippen MR) is 80.2 cm³/mol. The predicted octanol–water partition coefficient (Wildman–Crippen LogP) is 2.06. The number of fused-ring (bicyclic) bond motifs is 3. The first-order valence-electron chi connectivity index (χ1n) is 8.49. The Hall–Kier alpha value is -0.120. The van der Waals surface area contributed by atoms with Gasteiger partial charge in [0.2, 0.25) is 0 Å². The average molecular weight is 265 g/mol. The summed E-state index contributed by atoms with van der Waals surface area (Å²) >= 11 is 0. The zero-order valence-corrected chi connectivity index (χ0v) is 12.6. The number of piperidine rings is 3. The first kappa shape index (κ1) is 13.8. The molecule has 4 aliphatic heterocycles. The Labute approximate surface area is 118 Å². The highest BCUT2D eigenvalue weighted by Crippen LogP contribution is 2.41. The smallest absolute Gasteiger partial charge is 0.0490 e. The largest absolute Gasteiger partial charge is 0.329 e. The molecule has 4 aliphatic rings. The third-order valence-corrected chi connectivity index (χ3v) is 6.12. The maximum Gasteiger partial charge on any atom is 0.0490 e. The van der Waals surface area contributed by atoms with Crippen molar-refractivity contribution in [2.75, 3.05) is 32.7 Å². The first-order valence-corrected chi connectivity index (χ1v) is 8.49. The van der Waals surface area contributed by atoms with Crippen molar-refractivity contribution in [3.63, 3.8) is 0 Å². The number of nitrogens with two attached hydrogens (primary N) is 1. The highest BCUT2D eigenvalue weighted by Gasteiger charge is 2.50. The van der Waals surface area contributed by atoms with Crippen molar-refractivity contribution in [2.45, 2.75) is 63.5 Å². The molecule has 3 nitrogen and oxygen atoms in total. The van der Waals surface area contributed by atoms with Gasteiger partial charge in [0.25, 0.3) is 0 Å². The minimum atomic E-state index is 0.307. The van der Waals surface area contributed by atoms with Crippen LogP contribution in [-0.4, -0.2) is 54.1 Å². The van der Waals surface area contributed by atoms with E-state index < -0.39 is 0 Å². The summed E-state index contributed by atoms with van der Waals surface area (Å²) in [5, 5.41) is 0. The summed E-state index contributed by atoms with van der Waals surface area (Å²) in [6.07, 6.45) is 9.67. The van der Waals surface area contributed by atoms with Crippen LogP contribution in [-0.2, 0) is 0 Å². The molecule has 2 bridgehead atoms. The van der Waals surface area contributed by atoms with Crippen LogP contribution in [0.1, 0.15) is 51.9 Å². The molecular weight excluding hydrogens is 234 g/mol. The maximum atomic E-state index is 6.36. The normalized spacial score (nSPS) is 44.2. The fourth-order valence-electron chi connectivity index (χ4n) is 5.01. The molecule has 4 fully saturated rings. The van der Waals surface area contributed by atoms with Crippen molar-refractivity contribution in [3.05, 3.63) is 0 Å². The number of hydrogen-bond acceptors (Lipinski definition) is 3. The molecule has 0 spiro atoms. The number of hydrogen-bond donors (Lipinski definition) is 1. The van der Waals surface area contributed by atoms with Crippen LogP contribution in [0.25, 0.3) is 0 Å². The summed E-state index contributed by atoms with van der Waals surface area (Å²) in [4.78, 5) is 5.54. The molecule has 2 unspecified atom stereocenters. The second kappa shape index (κ2) is 5.71. The molecule has 0 aromatic heterocycles. The molecule has 4 heterocycles. The van der Waals surface area contributed by atoms with E-state index in [2.05, 4.69) is 16.7 Å². The van der Waals surface area contributed by atoms with Crippen molar-refractivity contribution in [1.29, 1.82) is 0 Å². The van der Waals surface area contributed by atoms with Crippen LogP contribution in [0.4, 0.5) is 0 Å². The fraction of sp³-hybridized carbons (Fsp3) is 1.00. The number of rotatable bonds is 3. The first-order chi connectivity index (χ1) is 9.30. The van der Waals surface area contributed by atoms with E-state index in [1.165, 1.54) is 71.1 Å². The lowest BCUT2D eigenvalue weighted by atomic mass is 9.71. The summed E-state index contributed by atoms with van der Waals surface area (Å²) in [6, 6.07) is 0.784. The Kier molecular flexibility index (Phi) is 4.16. The van der Waals surface area contributed by atoms with Crippen LogP contribution < -0.4 is 5.73 Å². The second-order valence-corrected chi connectivity index (χ2v) is 6.96. The van der Waals surface area contributed by atoms with E-state index in [1.807, 2.05) is 0 Å². The van der Waals surface area contributed by atoms with Gasteiger partial charge >= 0.3 is 0 Å². The van der Waals surface area contributed by atoms with Gasteiger partial charge in [-0.2, -0.15) is 0 Å². The van der Waals surface area contributed by atoms with Gasteiger partial charge in [-0.05, 0) is 57.7 Å². The SMILES string of the molecule is CCC1CCCCCN1C1(CN)CN2CCC1CC2. The average Bonchev–Trinajstić information content (AvgIpc) is 2.73.